The molecule has 0 aromatic carbocycles. The van der Waals surface area contributed by atoms with Gasteiger partial charge in [-0.3, -0.25) is 0 Å². The van der Waals surface area contributed by atoms with E-state index in [-0.39, 0.29) is 0 Å². The predicted octanol–water partition coefficient (Wildman–Crippen LogP) is -0.612. The lowest BCUT2D eigenvalue weighted by atomic mass is 10.0. The summed E-state index contributed by atoms with van der Waals surface area (Å²) in [5, 5.41) is 15.6. The van der Waals surface area contributed by atoms with E-state index in [2.05, 4.69) is 32.7 Å². The number of aromatic nitrogens is 4. The third-order valence-electron chi connectivity index (χ3n) is 3.23. The Morgan fingerprint density at radius 3 is 2.94 bits per heavy atom. The van der Waals surface area contributed by atoms with E-state index in [1.54, 1.807) is 7.05 Å². The zero-order valence-electron chi connectivity index (χ0n) is 10.6. The first-order valence-electron chi connectivity index (χ1n) is 5.89. The molecule has 2 unspecified atom stereocenters. The van der Waals surface area contributed by atoms with Crippen molar-refractivity contribution in [2.45, 2.75) is 18.5 Å². The first-order valence-corrected chi connectivity index (χ1v) is 7.04. The summed E-state index contributed by atoms with van der Waals surface area (Å²) in [7, 11) is 6.00. The molecule has 0 bridgehead atoms. The van der Waals surface area contributed by atoms with E-state index in [0.717, 1.165) is 18.8 Å². The summed E-state index contributed by atoms with van der Waals surface area (Å²) < 4.78 is 0. The molecule has 6 nitrogen and oxygen atoms in total. The van der Waals surface area contributed by atoms with Crippen molar-refractivity contribution in [2.24, 2.45) is 7.05 Å². The van der Waals surface area contributed by atoms with Gasteiger partial charge in [-0.05, 0) is 19.3 Å². The highest BCUT2D eigenvalue weighted by atomic mass is 32.2. The highest BCUT2D eigenvalue weighted by Gasteiger charge is 2.28. The van der Waals surface area contributed by atoms with Gasteiger partial charge in [0.1, 0.15) is 0 Å². The van der Waals surface area contributed by atoms with E-state index in [1.165, 1.54) is 16.3 Å². The molecule has 0 saturated carbocycles. The highest BCUT2D eigenvalue weighted by molar-refractivity contribution is 7.99. The second-order valence-electron chi connectivity index (χ2n) is 4.42. The largest absolute Gasteiger partial charge is 0.315 e. The first kappa shape index (κ1) is 12.8. The Balaban J connectivity index is 2.00. The molecule has 0 amide bonds. The highest BCUT2D eigenvalue weighted by Crippen LogP contribution is 2.18. The van der Waals surface area contributed by atoms with Crippen LogP contribution in [0.2, 0.25) is 0 Å². The third-order valence-corrected chi connectivity index (χ3v) is 4.28. The Bertz CT molecular complexity index is 354. The van der Waals surface area contributed by atoms with Gasteiger partial charge in [-0.1, -0.05) is 0 Å². The lowest BCUT2D eigenvalue weighted by molar-refractivity contribution is 0.217. The van der Waals surface area contributed by atoms with Crippen molar-refractivity contribution in [3.05, 3.63) is 5.82 Å². The molecule has 1 N–H and O–H groups in total. The summed E-state index contributed by atoms with van der Waals surface area (Å²) >= 11 is 2.02. The maximum absolute atomic E-state index is 4.25. The van der Waals surface area contributed by atoms with Crippen LogP contribution in [0.5, 0.6) is 0 Å². The second-order valence-corrected chi connectivity index (χ2v) is 5.57. The maximum atomic E-state index is 4.25. The summed E-state index contributed by atoms with van der Waals surface area (Å²) in [6.07, 6.45) is 0.833. The van der Waals surface area contributed by atoms with E-state index in [1.807, 2.05) is 18.8 Å². The van der Waals surface area contributed by atoms with E-state index in [9.17, 15) is 0 Å². The van der Waals surface area contributed by atoms with Crippen molar-refractivity contribution in [2.75, 3.05) is 32.1 Å². The number of hydrogen-bond donors (Lipinski definition) is 1. The minimum Gasteiger partial charge on any atom is -0.315 e. The van der Waals surface area contributed by atoms with Crippen molar-refractivity contribution < 1.29 is 0 Å². The minimum atomic E-state index is 0.386. The summed E-state index contributed by atoms with van der Waals surface area (Å²) in [4.78, 5) is 3.94. The molecule has 1 aromatic rings. The molecular weight excluding hydrogens is 236 g/mol. The number of thioether (sulfide) groups is 1. The van der Waals surface area contributed by atoms with Crippen LogP contribution in [0.15, 0.2) is 0 Å². The third kappa shape index (κ3) is 3.17. The van der Waals surface area contributed by atoms with Crippen LogP contribution in [-0.4, -0.2) is 69.3 Å². The van der Waals surface area contributed by atoms with Crippen LogP contribution < -0.4 is 5.32 Å². The van der Waals surface area contributed by atoms with Crippen LogP contribution in [0.1, 0.15) is 5.82 Å². The molecule has 0 radical (unpaired) electrons. The molecule has 96 valence electrons. The Morgan fingerprint density at radius 2 is 2.35 bits per heavy atom. The number of likely N-dealkylation sites (N-methyl/N-ethyl adjacent to an activating group) is 2. The van der Waals surface area contributed by atoms with Crippen molar-refractivity contribution in [1.82, 2.24) is 30.4 Å². The number of tetrazole rings is 1. The van der Waals surface area contributed by atoms with Crippen molar-refractivity contribution in [1.29, 1.82) is 0 Å². The Hall–Kier alpha value is -0.660. The maximum Gasteiger partial charge on any atom is 0.176 e. The van der Waals surface area contributed by atoms with Crippen molar-refractivity contribution in [3.8, 4) is 0 Å². The quantitative estimate of drug-likeness (QED) is 0.775. The Morgan fingerprint density at radius 1 is 1.53 bits per heavy atom. The van der Waals surface area contributed by atoms with Gasteiger partial charge < -0.3 is 10.2 Å². The Kier molecular flexibility index (Phi) is 4.36. The Labute approximate surface area is 106 Å². The summed E-state index contributed by atoms with van der Waals surface area (Å²) in [5.41, 5.74) is 0. The normalized spacial score (nSPS) is 23.8. The number of rotatable bonds is 4. The summed E-state index contributed by atoms with van der Waals surface area (Å²) in [5.74, 6) is 3.21. The molecule has 7 heteroatoms. The summed E-state index contributed by atoms with van der Waals surface area (Å²) in [6, 6.07) is 0.930. The fourth-order valence-electron chi connectivity index (χ4n) is 2.16. The zero-order valence-corrected chi connectivity index (χ0v) is 11.4. The van der Waals surface area contributed by atoms with Crippen LogP contribution in [0, 0.1) is 0 Å². The SMILES string of the molecule is CNC(Cc1nnn(C)n1)C1CSCCN1C. The standard InChI is InChI=1S/C10H20N6S/c1-11-8(6-10-12-14-16(3)13-10)9-7-17-5-4-15(9)2/h8-9,11H,4-7H2,1-3H3. The number of aryl methyl sites for hydroxylation is 1. The van der Waals surface area contributed by atoms with Crippen molar-refractivity contribution in [3.63, 3.8) is 0 Å². The average molecular weight is 256 g/mol. The number of nitrogens with zero attached hydrogens (tertiary/aromatic N) is 5. The molecule has 1 aliphatic rings. The fraction of sp³-hybridized carbons (Fsp3) is 0.900. The molecular formula is C10H20N6S. The van der Waals surface area contributed by atoms with Gasteiger partial charge in [0.2, 0.25) is 0 Å². The smallest absolute Gasteiger partial charge is 0.176 e. The van der Waals surface area contributed by atoms with Crippen LogP contribution in [0.25, 0.3) is 0 Å². The number of nitrogens with one attached hydrogen (secondary N) is 1. The molecule has 1 aliphatic heterocycles. The van der Waals surface area contributed by atoms with Crippen molar-refractivity contribution >= 4 is 11.8 Å². The molecule has 1 aromatic heterocycles. The van der Waals surface area contributed by atoms with Gasteiger partial charge in [0.25, 0.3) is 0 Å². The molecule has 2 heterocycles. The van der Waals surface area contributed by atoms with Gasteiger partial charge in [0.15, 0.2) is 5.82 Å². The monoisotopic (exact) mass is 256 g/mol. The minimum absolute atomic E-state index is 0.386. The van der Waals surface area contributed by atoms with Gasteiger partial charge in [-0.15, -0.1) is 10.2 Å². The van der Waals surface area contributed by atoms with Gasteiger partial charge in [0.05, 0.1) is 7.05 Å². The second kappa shape index (κ2) is 5.79. The van der Waals surface area contributed by atoms with Crippen LogP contribution >= 0.6 is 11.8 Å². The molecule has 2 rings (SSSR count). The first-order chi connectivity index (χ1) is 8.20. The molecule has 1 saturated heterocycles. The predicted molar refractivity (Wildman–Crippen MR) is 69.1 cm³/mol. The van der Waals surface area contributed by atoms with E-state index in [0.29, 0.717) is 12.1 Å². The van der Waals surface area contributed by atoms with Crippen LogP contribution in [0.3, 0.4) is 0 Å². The van der Waals surface area contributed by atoms with E-state index < -0.39 is 0 Å². The number of hydrogen-bond acceptors (Lipinski definition) is 6. The van der Waals surface area contributed by atoms with Crippen LogP contribution in [0.4, 0.5) is 0 Å². The van der Waals surface area contributed by atoms with E-state index >= 15 is 0 Å². The van der Waals surface area contributed by atoms with E-state index in [4.69, 9.17) is 0 Å². The van der Waals surface area contributed by atoms with Gasteiger partial charge in [-0.2, -0.15) is 16.6 Å². The van der Waals surface area contributed by atoms with Crippen LogP contribution in [-0.2, 0) is 13.5 Å². The van der Waals surface area contributed by atoms with Gasteiger partial charge in [-0.25, -0.2) is 0 Å². The fourth-order valence-corrected chi connectivity index (χ4v) is 3.47. The molecule has 2 atom stereocenters. The van der Waals surface area contributed by atoms with Gasteiger partial charge >= 0.3 is 0 Å². The molecule has 0 spiro atoms. The summed E-state index contributed by atoms with van der Waals surface area (Å²) in [6.45, 7) is 1.15. The molecule has 0 aliphatic carbocycles. The zero-order chi connectivity index (χ0) is 12.3. The average Bonchev–Trinajstić information content (AvgIpc) is 2.73. The molecule has 17 heavy (non-hydrogen) atoms. The topological polar surface area (TPSA) is 58.9 Å². The lowest BCUT2D eigenvalue weighted by Crippen LogP contribution is -2.52. The lowest BCUT2D eigenvalue weighted by Gasteiger charge is -2.37. The van der Waals surface area contributed by atoms with Gasteiger partial charge in [0, 0.05) is 36.6 Å². The molecule has 1 fully saturated rings.